The number of nitrogens with zero attached hydrogens (tertiary/aromatic N) is 3. The van der Waals surface area contributed by atoms with Crippen molar-refractivity contribution in [3.8, 4) is 0 Å². The molecule has 0 atom stereocenters. The molecule has 3 aromatic rings. The van der Waals surface area contributed by atoms with Gasteiger partial charge in [0.25, 0.3) is 5.91 Å². The van der Waals surface area contributed by atoms with Crippen molar-refractivity contribution in [1.29, 1.82) is 0 Å². The van der Waals surface area contributed by atoms with E-state index in [0.717, 1.165) is 16.8 Å². The number of rotatable bonds is 5. The lowest BCUT2D eigenvalue weighted by molar-refractivity contribution is -0.133. The van der Waals surface area contributed by atoms with Crippen LogP contribution in [0.25, 0.3) is 5.65 Å². The summed E-state index contributed by atoms with van der Waals surface area (Å²) in [6, 6.07) is 11.7. The minimum atomic E-state index is -0.605. The number of carbonyl (C=O) groups excluding carboxylic acids is 2. The number of pyridine rings is 1. The van der Waals surface area contributed by atoms with E-state index < -0.39 is 5.97 Å². The number of aryl methyl sites for hydroxylation is 3. The number of likely N-dealkylation sites (N-methyl/N-ethyl adjacent to an activating group) is 1. The zero-order valence-corrected chi connectivity index (χ0v) is 16.0. The van der Waals surface area contributed by atoms with Crippen LogP contribution in [0.3, 0.4) is 0 Å². The highest BCUT2D eigenvalue weighted by atomic mass is 16.5. The largest absolute Gasteiger partial charge is 0.451 e. The summed E-state index contributed by atoms with van der Waals surface area (Å²) < 4.78 is 6.97. The molecule has 0 unspecified atom stereocenters. The van der Waals surface area contributed by atoms with Crippen LogP contribution >= 0.6 is 0 Å². The molecule has 3 rings (SSSR count). The predicted octanol–water partition coefficient (Wildman–Crippen LogP) is 3.07. The van der Waals surface area contributed by atoms with Crippen LogP contribution in [-0.2, 0) is 16.1 Å². The number of ether oxygens (including phenoxy) is 1. The van der Waals surface area contributed by atoms with Crippen molar-refractivity contribution in [1.82, 2.24) is 14.3 Å². The van der Waals surface area contributed by atoms with Crippen LogP contribution in [0.4, 0.5) is 0 Å². The second-order valence-electron chi connectivity index (χ2n) is 6.78. The van der Waals surface area contributed by atoms with E-state index in [1.807, 2.05) is 55.5 Å². The fourth-order valence-corrected chi connectivity index (χ4v) is 2.93. The van der Waals surface area contributed by atoms with Crippen molar-refractivity contribution >= 4 is 17.5 Å². The first kappa shape index (κ1) is 18.6. The molecule has 0 saturated carbocycles. The van der Waals surface area contributed by atoms with Gasteiger partial charge in [0.05, 0.1) is 0 Å². The highest BCUT2D eigenvalue weighted by Gasteiger charge is 2.17. The second-order valence-corrected chi connectivity index (χ2v) is 6.78. The molecule has 0 fully saturated rings. The first-order chi connectivity index (χ1) is 12.8. The molecule has 140 valence electrons. The number of fused-ring (bicyclic) bond motifs is 1. The Morgan fingerprint density at radius 3 is 2.63 bits per heavy atom. The Bertz CT molecular complexity index is 1010. The third-order valence-corrected chi connectivity index (χ3v) is 4.56. The molecule has 0 radical (unpaired) electrons. The number of benzene rings is 1. The van der Waals surface area contributed by atoms with E-state index in [-0.39, 0.29) is 18.2 Å². The van der Waals surface area contributed by atoms with Crippen LogP contribution < -0.4 is 0 Å². The average molecular weight is 365 g/mol. The molecule has 2 aromatic heterocycles. The van der Waals surface area contributed by atoms with Gasteiger partial charge in [-0.05, 0) is 44.0 Å². The Kier molecular flexibility index (Phi) is 5.26. The van der Waals surface area contributed by atoms with E-state index in [9.17, 15) is 9.59 Å². The van der Waals surface area contributed by atoms with Gasteiger partial charge < -0.3 is 14.0 Å². The van der Waals surface area contributed by atoms with E-state index >= 15 is 0 Å². The average Bonchev–Trinajstić information content (AvgIpc) is 3.07. The molecular formula is C21H23N3O3. The highest BCUT2D eigenvalue weighted by Crippen LogP contribution is 2.13. The number of hydrogen-bond donors (Lipinski definition) is 0. The molecule has 0 bridgehead atoms. The summed E-state index contributed by atoms with van der Waals surface area (Å²) in [5.41, 5.74) is 5.20. The van der Waals surface area contributed by atoms with Gasteiger partial charge in [-0.25, -0.2) is 9.78 Å². The summed E-state index contributed by atoms with van der Waals surface area (Å²) in [5, 5.41) is 0. The van der Waals surface area contributed by atoms with Gasteiger partial charge >= 0.3 is 5.97 Å². The molecule has 1 amide bonds. The lowest BCUT2D eigenvalue weighted by atomic mass is 10.1. The van der Waals surface area contributed by atoms with E-state index in [0.29, 0.717) is 12.2 Å². The molecule has 27 heavy (non-hydrogen) atoms. The van der Waals surface area contributed by atoms with Gasteiger partial charge in [-0.1, -0.05) is 29.8 Å². The smallest absolute Gasteiger partial charge is 0.359 e. The summed E-state index contributed by atoms with van der Waals surface area (Å²) >= 11 is 0. The molecule has 1 aromatic carbocycles. The fourth-order valence-electron chi connectivity index (χ4n) is 2.93. The van der Waals surface area contributed by atoms with Gasteiger partial charge in [0.1, 0.15) is 5.65 Å². The zero-order chi connectivity index (χ0) is 19.6. The number of esters is 1. The predicted molar refractivity (Wildman–Crippen MR) is 103 cm³/mol. The third-order valence-electron chi connectivity index (χ3n) is 4.56. The maximum absolute atomic E-state index is 12.3. The number of hydrogen-bond acceptors (Lipinski definition) is 4. The molecule has 0 N–H and O–H groups in total. The number of carbonyl (C=O) groups is 2. The Labute approximate surface area is 158 Å². The van der Waals surface area contributed by atoms with Crippen molar-refractivity contribution in [2.24, 2.45) is 0 Å². The van der Waals surface area contributed by atoms with Gasteiger partial charge in [0, 0.05) is 25.5 Å². The number of aromatic nitrogens is 2. The standard InChI is InChI=1S/C21H23N3O3/c1-14-8-9-17(15(2)10-14)11-23(4)20(25)13-27-21(26)18-12-24-16(3)6-5-7-19(24)22-18/h5-10,12H,11,13H2,1-4H3. The second kappa shape index (κ2) is 7.61. The van der Waals surface area contributed by atoms with Crippen LogP contribution in [-0.4, -0.2) is 39.8 Å². The molecule has 0 saturated heterocycles. The number of amides is 1. The van der Waals surface area contributed by atoms with Crippen molar-refractivity contribution in [3.63, 3.8) is 0 Å². The van der Waals surface area contributed by atoms with Crippen molar-refractivity contribution < 1.29 is 14.3 Å². The summed E-state index contributed by atoms with van der Waals surface area (Å²) in [7, 11) is 1.70. The Morgan fingerprint density at radius 1 is 1.15 bits per heavy atom. The minimum Gasteiger partial charge on any atom is -0.451 e. The van der Waals surface area contributed by atoms with Crippen molar-refractivity contribution in [2.75, 3.05) is 13.7 Å². The molecule has 6 nitrogen and oxygen atoms in total. The van der Waals surface area contributed by atoms with Gasteiger partial charge in [-0.2, -0.15) is 0 Å². The molecule has 2 heterocycles. The van der Waals surface area contributed by atoms with E-state index in [1.54, 1.807) is 18.1 Å². The zero-order valence-electron chi connectivity index (χ0n) is 16.0. The van der Waals surface area contributed by atoms with E-state index in [2.05, 4.69) is 11.1 Å². The van der Waals surface area contributed by atoms with Crippen LogP contribution in [0.5, 0.6) is 0 Å². The van der Waals surface area contributed by atoms with E-state index in [1.165, 1.54) is 5.56 Å². The SMILES string of the molecule is Cc1ccc(CN(C)C(=O)COC(=O)c2cn3c(C)cccc3n2)c(C)c1. The third kappa shape index (κ3) is 4.16. The lowest BCUT2D eigenvalue weighted by Gasteiger charge is -2.18. The normalized spacial score (nSPS) is 10.8. The van der Waals surface area contributed by atoms with E-state index in [4.69, 9.17) is 4.74 Å². The van der Waals surface area contributed by atoms with Crippen LogP contribution in [0.15, 0.2) is 42.6 Å². The Hall–Kier alpha value is -3.15. The summed E-state index contributed by atoms with van der Waals surface area (Å²) in [6.45, 7) is 6.14. The maximum Gasteiger partial charge on any atom is 0.359 e. The molecule has 0 aliphatic carbocycles. The van der Waals surface area contributed by atoms with Gasteiger partial charge in [0.2, 0.25) is 0 Å². The fraction of sp³-hybridized carbons (Fsp3) is 0.286. The quantitative estimate of drug-likeness (QED) is 0.652. The first-order valence-corrected chi connectivity index (χ1v) is 8.77. The first-order valence-electron chi connectivity index (χ1n) is 8.77. The molecule has 0 aliphatic heterocycles. The van der Waals surface area contributed by atoms with Crippen LogP contribution in [0.2, 0.25) is 0 Å². The number of imidazole rings is 1. The summed E-state index contributed by atoms with van der Waals surface area (Å²) in [4.78, 5) is 30.3. The molecule has 0 aliphatic rings. The minimum absolute atomic E-state index is 0.189. The summed E-state index contributed by atoms with van der Waals surface area (Å²) in [6.07, 6.45) is 1.62. The lowest BCUT2D eigenvalue weighted by Crippen LogP contribution is -2.31. The Balaban J connectivity index is 1.60. The van der Waals surface area contributed by atoms with Crippen molar-refractivity contribution in [2.45, 2.75) is 27.3 Å². The molecular weight excluding hydrogens is 342 g/mol. The van der Waals surface area contributed by atoms with Crippen LogP contribution in [0.1, 0.15) is 32.9 Å². The monoisotopic (exact) mass is 365 g/mol. The van der Waals surface area contributed by atoms with Gasteiger partial charge in [0.15, 0.2) is 12.3 Å². The maximum atomic E-state index is 12.3. The molecule has 6 heteroatoms. The summed E-state index contributed by atoms with van der Waals surface area (Å²) in [5.74, 6) is -0.866. The van der Waals surface area contributed by atoms with Crippen molar-refractivity contribution in [3.05, 3.63) is 70.7 Å². The topological polar surface area (TPSA) is 63.9 Å². The Morgan fingerprint density at radius 2 is 1.93 bits per heavy atom. The van der Waals surface area contributed by atoms with Gasteiger partial charge in [-0.15, -0.1) is 0 Å². The van der Waals surface area contributed by atoms with Gasteiger partial charge in [-0.3, -0.25) is 4.79 Å². The highest BCUT2D eigenvalue weighted by molar-refractivity contribution is 5.90. The molecule has 0 spiro atoms. The van der Waals surface area contributed by atoms with Crippen LogP contribution in [0, 0.1) is 20.8 Å².